The van der Waals surface area contributed by atoms with Crippen LogP contribution in [0.3, 0.4) is 0 Å². The Kier molecular flexibility index (Phi) is 6.52. The maximum atomic E-state index is 13.2. The molecule has 3 N–H and O–H groups in total. The van der Waals surface area contributed by atoms with Gasteiger partial charge in [-0.05, 0) is 56.6 Å². The van der Waals surface area contributed by atoms with E-state index in [2.05, 4.69) is 20.3 Å². The Labute approximate surface area is 219 Å². The number of aliphatic hydroxyl groups excluding tert-OH is 1. The van der Waals surface area contributed by atoms with Crippen LogP contribution in [0.1, 0.15) is 43.0 Å². The van der Waals surface area contributed by atoms with E-state index in [-0.39, 0.29) is 24.5 Å². The fourth-order valence-electron chi connectivity index (χ4n) is 5.05. The molecule has 1 aromatic carbocycles. The summed E-state index contributed by atoms with van der Waals surface area (Å²) in [6, 6.07) is 3.71. The number of H-pyrrole nitrogens is 1. The second kappa shape index (κ2) is 10.1. The van der Waals surface area contributed by atoms with E-state index in [4.69, 9.17) is 14.2 Å². The first-order valence-electron chi connectivity index (χ1n) is 13.1. The summed E-state index contributed by atoms with van der Waals surface area (Å²) in [5.74, 6) is 2.20. The summed E-state index contributed by atoms with van der Waals surface area (Å²) in [5, 5.41) is 12.6. The zero-order valence-electron chi connectivity index (χ0n) is 21.2. The lowest BCUT2D eigenvalue weighted by atomic mass is 9.96. The zero-order chi connectivity index (χ0) is 26.2. The van der Waals surface area contributed by atoms with Crippen LogP contribution in [0.4, 0.5) is 0 Å². The molecule has 4 heterocycles. The molecule has 1 saturated carbocycles. The van der Waals surface area contributed by atoms with Crippen LogP contribution in [-0.4, -0.2) is 75.9 Å². The van der Waals surface area contributed by atoms with Crippen LogP contribution in [0.2, 0.25) is 0 Å². The van der Waals surface area contributed by atoms with E-state index in [9.17, 15) is 14.7 Å². The number of hydrogen-bond donors (Lipinski definition) is 3. The summed E-state index contributed by atoms with van der Waals surface area (Å²) in [6.45, 7) is 3.88. The van der Waals surface area contributed by atoms with Crippen LogP contribution in [-0.2, 0) is 4.79 Å². The van der Waals surface area contributed by atoms with E-state index in [1.54, 1.807) is 11.1 Å². The largest absolute Gasteiger partial charge is 0.492 e. The summed E-state index contributed by atoms with van der Waals surface area (Å²) in [6.07, 6.45) is 5.98. The molecule has 6 rings (SSSR count). The quantitative estimate of drug-likeness (QED) is 0.411. The van der Waals surface area contributed by atoms with Crippen molar-refractivity contribution in [2.24, 2.45) is 11.8 Å². The summed E-state index contributed by atoms with van der Waals surface area (Å²) in [4.78, 5) is 39.0. The minimum atomic E-state index is -0.989. The molecular weight excluding hydrogens is 490 g/mol. The number of carbonyl (C=O) groups is 2. The molecule has 2 aliphatic heterocycles. The maximum absolute atomic E-state index is 13.2. The molecule has 2 aromatic heterocycles. The van der Waals surface area contributed by atoms with Crippen molar-refractivity contribution in [1.29, 1.82) is 0 Å². The number of ether oxygens (including phenoxy) is 3. The first-order chi connectivity index (χ1) is 18.5. The molecular formula is C27H31N5O6. The van der Waals surface area contributed by atoms with Crippen molar-refractivity contribution in [3.8, 4) is 28.5 Å². The molecule has 38 heavy (non-hydrogen) atoms. The number of aromatic amines is 1. The topological polar surface area (TPSA) is 139 Å². The third kappa shape index (κ3) is 4.73. The highest BCUT2D eigenvalue weighted by molar-refractivity contribution is 6.08. The SMILES string of the molecule is C[C@H](O)C(=O)N1CCC(CNC(=O)c2c[nH]c3c(-c4c(OCC5CC5)ccc5c4OCO5)ncnc23)CC1. The Hall–Kier alpha value is -3.86. The first-order valence-corrected chi connectivity index (χ1v) is 13.1. The fourth-order valence-corrected chi connectivity index (χ4v) is 5.05. The first kappa shape index (κ1) is 24.5. The van der Waals surface area contributed by atoms with Gasteiger partial charge in [0, 0.05) is 25.8 Å². The lowest BCUT2D eigenvalue weighted by Gasteiger charge is -2.32. The molecule has 11 nitrogen and oxygen atoms in total. The maximum Gasteiger partial charge on any atom is 0.255 e. The van der Waals surface area contributed by atoms with Gasteiger partial charge in [-0.1, -0.05) is 0 Å². The van der Waals surface area contributed by atoms with Crippen molar-refractivity contribution in [2.45, 2.75) is 38.7 Å². The molecule has 2 amide bonds. The Bertz CT molecular complexity index is 1360. The normalized spacial score (nSPS) is 18.0. The van der Waals surface area contributed by atoms with Gasteiger partial charge >= 0.3 is 0 Å². The number of fused-ring (bicyclic) bond motifs is 2. The van der Waals surface area contributed by atoms with Crippen LogP contribution in [0, 0.1) is 11.8 Å². The molecule has 200 valence electrons. The molecule has 0 radical (unpaired) electrons. The van der Waals surface area contributed by atoms with Crippen molar-refractivity contribution in [2.75, 3.05) is 33.0 Å². The number of amides is 2. The molecule has 1 aliphatic carbocycles. The van der Waals surface area contributed by atoms with Crippen LogP contribution < -0.4 is 19.5 Å². The van der Waals surface area contributed by atoms with E-state index in [1.807, 2.05) is 12.1 Å². The monoisotopic (exact) mass is 521 g/mol. The van der Waals surface area contributed by atoms with Gasteiger partial charge in [0.1, 0.15) is 29.4 Å². The Morgan fingerprint density at radius 2 is 2.00 bits per heavy atom. The summed E-state index contributed by atoms with van der Waals surface area (Å²) < 4.78 is 17.6. The summed E-state index contributed by atoms with van der Waals surface area (Å²) in [5.41, 5.74) is 2.81. The van der Waals surface area contributed by atoms with E-state index in [0.29, 0.717) is 77.3 Å². The second-order valence-corrected chi connectivity index (χ2v) is 10.2. The van der Waals surface area contributed by atoms with Crippen molar-refractivity contribution in [3.05, 3.63) is 30.2 Å². The van der Waals surface area contributed by atoms with E-state index in [1.165, 1.54) is 26.1 Å². The molecule has 11 heteroatoms. The van der Waals surface area contributed by atoms with Crippen molar-refractivity contribution >= 4 is 22.8 Å². The number of likely N-dealkylation sites (tertiary alicyclic amines) is 1. The molecule has 1 atom stereocenters. The third-order valence-corrected chi connectivity index (χ3v) is 7.45. The molecule has 0 spiro atoms. The smallest absolute Gasteiger partial charge is 0.255 e. The molecule has 3 aliphatic rings. The number of hydrogen-bond acceptors (Lipinski definition) is 8. The van der Waals surface area contributed by atoms with Gasteiger partial charge in [0.2, 0.25) is 6.79 Å². The van der Waals surface area contributed by atoms with Crippen molar-refractivity contribution in [3.63, 3.8) is 0 Å². The highest BCUT2D eigenvalue weighted by Crippen LogP contribution is 2.48. The number of carbonyl (C=O) groups excluding carboxylic acids is 2. The summed E-state index contributed by atoms with van der Waals surface area (Å²) >= 11 is 0. The van der Waals surface area contributed by atoms with Crippen LogP contribution in [0.15, 0.2) is 24.7 Å². The van der Waals surface area contributed by atoms with Gasteiger partial charge in [-0.2, -0.15) is 0 Å². The number of aliphatic hydroxyl groups is 1. The third-order valence-electron chi connectivity index (χ3n) is 7.45. The minimum Gasteiger partial charge on any atom is -0.492 e. The number of nitrogens with zero attached hydrogens (tertiary/aromatic N) is 3. The number of rotatable bonds is 8. The second-order valence-electron chi connectivity index (χ2n) is 10.2. The van der Waals surface area contributed by atoms with Crippen LogP contribution >= 0.6 is 0 Å². The molecule has 0 unspecified atom stereocenters. The molecule has 3 aromatic rings. The highest BCUT2D eigenvalue weighted by atomic mass is 16.7. The number of nitrogens with one attached hydrogen (secondary N) is 2. The molecule has 2 fully saturated rings. The Balaban J connectivity index is 1.20. The highest BCUT2D eigenvalue weighted by Gasteiger charge is 2.29. The van der Waals surface area contributed by atoms with Gasteiger partial charge in [-0.15, -0.1) is 0 Å². The van der Waals surface area contributed by atoms with Crippen LogP contribution in [0.25, 0.3) is 22.3 Å². The van der Waals surface area contributed by atoms with Crippen LogP contribution in [0.5, 0.6) is 17.2 Å². The number of benzene rings is 1. The number of piperidine rings is 1. The Morgan fingerprint density at radius 3 is 2.76 bits per heavy atom. The van der Waals surface area contributed by atoms with E-state index >= 15 is 0 Å². The van der Waals surface area contributed by atoms with Gasteiger partial charge in [0.25, 0.3) is 11.8 Å². The predicted octanol–water partition coefficient (Wildman–Crippen LogP) is 2.49. The lowest BCUT2D eigenvalue weighted by molar-refractivity contribution is -0.140. The van der Waals surface area contributed by atoms with Gasteiger partial charge in [0.15, 0.2) is 11.5 Å². The molecule has 0 bridgehead atoms. The average molecular weight is 522 g/mol. The predicted molar refractivity (Wildman–Crippen MR) is 137 cm³/mol. The van der Waals surface area contributed by atoms with Gasteiger partial charge in [-0.3, -0.25) is 9.59 Å². The zero-order valence-corrected chi connectivity index (χ0v) is 21.2. The van der Waals surface area contributed by atoms with Crippen molar-refractivity contribution in [1.82, 2.24) is 25.2 Å². The Morgan fingerprint density at radius 1 is 1.18 bits per heavy atom. The summed E-state index contributed by atoms with van der Waals surface area (Å²) in [7, 11) is 0. The standard InChI is InChI=1S/C27H31N5O6/c1-15(33)27(35)32-8-6-16(7-9-32)10-29-26(34)18-11-28-24-22(18)30-13-31-23(24)21-19(36-12-17-2-3-17)4-5-20-25(21)38-14-37-20/h4-5,11,13,15-17,28,33H,2-3,6-10,12,14H2,1H3,(H,29,34)/t15-/m0/s1. The van der Waals surface area contributed by atoms with E-state index in [0.717, 1.165) is 12.8 Å². The van der Waals surface area contributed by atoms with Gasteiger partial charge in [0.05, 0.1) is 23.3 Å². The van der Waals surface area contributed by atoms with Crippen molar-refractivity contribution < 1.29 is 28.9 Å². The average Bonchev–Trinajstić information content (AvgIpc) is 3.46. The molecule has 1 saturated heterocycles. The van der Waals surface area contributed by atoms with E-state index < -0.39 is 6.10 Å². The van der Waals surface area contributed by atoms with Gasteiger partial charge in [-0.25, -0.2) is 9.97 Å². The lowest BCUT2D eigenvalue weighted by Crippen LogP contribution is -2.44. The van der Waals surface area contributed by atoms with Gasteiger partial charge < -0.3 is 34.5 Å². The minimum absolute atomic E-state index is 0.118. The number of aromatic nitrogens is 3. The fraction of sp³-hybridized carbons (Fsp3) is 0.481.